The number of amides is 1. The second-order valence-corrected chi connectivity index (χ2v) is 5.39. The van der Waals surface area contributed by atoms with E-state index in [1.54, 1.807) is 6.07 Å². The minimum Gasteiger partial charge on any atom is -0.381 e. The zero-order valence-electron chi connectivity index (χ0n) is 12.7. The lowest BCUT2D eigenvalue weighted by Crippen LogP contribution is -2.50. The summed E-state index contributed by atoms with van der Waals surface area (Å²) in [6, 6.07) is 3.83. The molecule has 0 bridgehead atoms. The summed E-state index contributed by atoms with van der Waals surface area (Å²) in [7, 11) is 0. The van der Waals surface area contributed by atoms with Crippen LogP contribution >= 0.6 is 0 Å². The molecule has 6 heteroatoms. The van der Waals surface area contributed by atoms with Gasteiger partial charge >= 0.3 is 0 Å². The summed E-state index contributed by atoms with van der Waals surface area (Å²) in [5.74, 6) is -1.81. The molecule has 1 amide bonds. The molecule has 1 aliphatic rings. The Morgan fingerprint density at radius 1 is 1.41 bits per heavy atom. The van der Waals surface area contributed by atoms with Crippen molar-refractivity contribution in [1.29, 1.82) is 0 Å². The highest BCUT2D eigenvalue weighted by atomic mass is 19.2. The summed E-state index contributed by atoms with van der Waals surface area (Å²) >= 11 is 0. The maximum absolute atomic E-state index is 13.4. The molecule has 1 aromatic carbocycles. The van der Waals surface area contributed by atoms with Crippen LogP contribution in [0.4, 0.5) is 8.78 Å². The van der Waals surface area contributed by atoms with Gasteiger partial charge in [-0.25, -0.2) is 8.78 Å². The molecular weight excluding hydrogens is 290 g/mol. The Hall–Kier alpha value is -1.53. The minimum atomic E-state index is -0.852. The van der Waals surface area contributed by atoms with Crippen molar-refractivity contribution in [3.05, 3.63) is 35.4 Å². The number of halogens is 2. The Labute approximate surface area is 129 Å². The van der Waals surface area contributed by atoms with Crippen LogP contribution in [0.25, 0.3) is 0 Å². The molecule has 0 aliphatic carbocycles. The van der Waals surface area contributed by atoms with Gasteiger partial charge in [-0.2, -0.15) is 0 Å². The highest BCUT2D eigenvalue weighted by molar-refractivity contribution is 5.76. The Morgan fingerprint density at radius 3 is 2.95 bits per heavy atom. The van der Waals surface area contributed by atoms with Crippen LogP contribution in [-0.2, 0) is 9.53 Å². The number of carbonyl (C=O) groups is 1. The van der Waals surface area contributed by atoms with E-state index in [9.17, 15) is 13.6 Å². The first kappa shape index (κ1) is 16.8. The number of benzene rings is 1. The molecule has 1 fully saturated rings. The maximum Gasteiger partial charge on any atom is 0.222 e. The van der Waals surface area contributed by atoms with Crippen molar-refractivity contribution in [2.24, 2.45) is 0 Å². The van der Waals surface area contributed by atoms with Crippen molar-refractivity contribution in [3.8, 4) is 0 Å². The predicted molar refractivity (Wildman–Crippen MR) is 79.6 cm³/mol. The molecule has 122 valence electrons. The first-order valence-corrected chi connectivity index (χ1v) is 7.64. The lowest BCUT2D eigenvalue weighted by atomic mass is 9.86. The van der Waals surface area contributed by atoms with Gasteiger partial charge < -0.3 is 15.4 Å². The number of ether oxygens (including phenoxy) is 1. The van der Waals surface area contributed by atoms with E-state index in [1.165, 1.54) is 6.07 Å². The number of rotatable bonds is 6. The first-order valence-electron chi connectivity index (χ1n) is 7.64. The summed E-state index contributed by atoms with van der Waals surface area (Å²) in [5, 5.41) is 6.18. The zero-order valence-corrected chi connectivity index (χ0v) is 12.7. The fourth-order valence-corrected chi connectivity index (χ4v) is 2.74. The number of hydrogen-bond acceptors (Lipinski definition) is 3. The van der Waals surface area contributed by atoms with Crippen LogP contribution in [0.1, 0.15) is 31.2 Å². The van der Waals surface area contributed by atoms with Crippen LogP contribution < -0.4 is 10.6 Å². The lowest BCUT2D eigenvalue weighted by Gasteiger charge is -2.33. The summed E-state index contributed by atoms with van der Waals surface area (Å²) < 4.78 is 31.7. The predicted octanol–water partition coefficient (Wildman–Crippen LogP) is 1.95. The molecule has 22 heavy (non-hydrogen) atoms. The molecule has 2 unspecified atom stereocenters. The van der Waals surface area contributed by atoms with Crippen LogP contribution in [0.2, 0.25) is 0 Å². The molecule has 0 spiro atoms. The van der Waals surface area contributed by atoms with Crippen molar-refractivity contribution >= 4 is 5.91 Å². The van der Waals surface area contributed by atoms with Gasteiger partial charge in [0.15, 0.2) is 11.6 Å². The summed E-state index contributed by atoms with van der Waals surface area (Å²) in [5.41, 5.74) is 0.718. The van der Waals surface area contributed by atoms with E-state index in [4.69, 9.17) is 4.74 Å². The molecule has 2 atom stereocenters. The summed E-state index contributed by atoms with van der Waals surface area (Å²) in [6.45, 7) is 4.25. The van der Waals surface area contributed by atoms with E-state index in [0.717, 1.165) is 24.6 Å². The Kier molecular flexibility index (Phi) is 6.27. The van der Waals surface area contributed by atoms with Gasteiger partial charge in [0.1, 0.15) is 0 Å². The van der Waals surface area contributed by atoms with Gasteiger partial charge in [-0.1, -0.05) is 6.07 Å². The fourth-order valence-electron chi connectivity index (χ4n) is 2.74. The van der Waals surface area contributed by atoms with Gasteiger partial charge in [-0.05, 0) is 37.6 Å². The van der Waals surface area contributed by atoms with Gasteiger partial charge in [0.25, 0.3) is 0 Å². The summed E-state index contributed by atoms with van der Waals surface area (Å²) in [6.07, 6.45) is 1.07. The number of hydrogen-bond donors (Lipinski definition) is 2. The van der Waals surface area contributed by atoms with Crippen LogP contribution in [-0.4, -0.2) is 38.3 Å². The monoisotopic (exact) mass is 312 g/mol. The molecule has 2 N–H and O–H groups in total. The average Bonchev–Trinajstić information content (AvgIpc) is 2.51. The maximum atomic E-state index is 13.4. The number of piperidine rings is 1. The molecule has 2 rings (SSSR count). The number of nitrogens with one attached hydrogen (secondary N) is 2. The Balaban J connectivity index is 2.01. The molecule has 1 aliphatic heterocycles. The van der Waals surface area contributed by atoms with E-state index in [1.807, 2.05) is 6.92 Å². The minimum absolute atomic E-state index is 0.0209. The van der Waals surface area contributed by atoms with E-state index >= 15 is 0 Å². The Morgan fingerprint density at radius 2 is 2.23 bits per heavy atom. The average molecular weight is 312 g/mol. The molecular formula is C16H22F2N2O2. The van der Waals surface area contributed by atoms with E-state index in [2.05, 4.69) is 10.6 Å². The normalized spacial score (nSPS) is 21.6. The third kappa shape index (κ3) is 4.48. The van der Waals surface area contributed by atoms with Gasteiger partial charge in [-0.3, -0.25) is 4.79 Å². The van der Waals surface area contributed by atoms with Crippen LogP contribution in [0.5, 0.6) is 0 Å². The molecule has 0 radical (unpaired) electrons. The highest BCUT2D eigenvalue weighted by Crippen LogP contribution is 2.27. The standard InChI is InChI=1S/C16H22F2N2O2/c1-2-22-8-6-16(21)20-15-10-19-7-5-12(15)11-3-4-13(17)14(18)9-11/h3-4,9,12,15,19H,2,5-8,10H2,1H3,(H,20,21). The fraction of sp³-hybridized carbons (Fsp3) is 0.562. The van der Waals surface area contributed by atoms with Gasteiger partial charge in [0.2, 0.25) is 5.91 Å². The second-order valence-electron chi connectivity index (χ2n) is 5.39. The molecule has 1 aromatic rings. The van der Waals surface area contributed by atoms with E-state index in [-0.39, 0.29) is 17.9 Å². The summed E-state index contributed by atoms with van der Waals surface area (Å²) in [4.78, 5) is 11.9. The van der Waals surface area contributed by atoms with Crippen LogP contribution in [0, 0.1) is 11.6 Å². The second kappa shape index (κ2) is 8.19. The highest BCUT2D eigenvalue weighted by Gasteiger charge is 2.28. The number of carbonyl (C=O) groups excluding carboxylic acids is 1. The Bertz CT molecular complexity index is 511. The topological polar surface area (TPSA) is 50.4 Å². The van der Waals surface area contributed by atoms with Gasteiger partial charge in [0, 0.05) is 31.5 Å². The first-order chi connectivity index (χ1) is 10.6. The lowest BCUT2D eigenvalue weighted by molar-refractivity contribution is -0.123. The largest absolute Gasteiger partial charge is 0.381 e. The third-order valence-electron chi connectivity index (χ3n) is 3.88. The zero-order chi connectivity index (χ0) is 15.9. The molecule has 4 nitrogen and oxygen atoms in total. The third-order valence-corrected chi connectivity index (χ3v) is 3.88. The van der Waals surface area contributed by atoms with Crippen molar-refractivity contribution in [2.45, 2.75) is 31.7 Å². The molecule has 1 saturated heterocycles. The van der Waals surface area contributed by atoms with Crippen molar-refractivity contribution in [2.75, 3.05) is 26.3 Å². The van der Waals surface area contributed by atoms with Crippen LogP contribution in [0.15, 0.2) is 18.2 Å². The van der Waals surface area contributed by atoms with Crippen molar-refractivity contribution in [3.63, 3.8) is 0 Å². The van der Waals surface area contributed by atoms with Crippen molar-refractivity contribution < 1.29 is 18.3 Å². The van der Waals surface area contributed by atoms with Gasteiger partial charge in [0.05, 0.1) is 6.61 Å². The van der Waals surface area contributed by atoms with E-state index < -0.39 is 11.6 Å². The van der Waals surface area contributed by atoms with Gasteiger partial charge in [-0.15, -0.1) is 0 Å². The molecule has 0 saturated carbocycles. The quantitative estimate of drug-likeness (QED) is 0.790. The van der Waals surface area contributed by atoms with Crippen molar-refractivity contribution in [1.82, 2.24) is 10.6 Å². The van der Waals surface area contributed by atoms with E-state index in [0.29, 0.717) is 26.2 Å². The smallest absolute Gasteiger partial charge is 0.222 e. The van der Waals surface area contributed by atoms with Crippen LogP contribution in [0.3, 0.4) is 0 Å². The molecule has 1 heterocycles. The molecule has 0 aromatic heterocycles. The SMILES string of the molecule is CCOCCC(=O)NC1CNCCC1c1ccc(F)c(F)c1.